The third-order valence-corrected chi connectivity index (χ3v) is 4.63. The molecule has 1 aliphatic carbocycles. The summed E-state index contributed by atoms with van der Waals surface area (Å²) in [5, 5.41) is 7.19. The van der Waals surface area contributed by atoms with E-state index < -0.39 is 0 Å². The number of rotatable bonds is 3. The van der Waals surface area contributed by atoms with Crippen LogP contribution in [0.15, 0.2) is 22.7 Å². The van der Waals surface area contributed by atoms with Crippen LogP contribution in [0.1, 0.15) is 40.8 Å². The highest BCUT2D eigenvalue weighted by molar-refractivity contribution is 5.98. The van der Waals surface area contributed by atoms with Crippen LogP contribution in [0, 0.1) is 5.92 Å². The van der Waals surface area contributed by atoms with Crippen molar-refractivity contribution in [2.75, 3.05) is 6.54 Å². The molecule has 2 bridgehead atoms. The number of furan rings is 1. The van der Waals surface area contributed by atoms with Crippen molar-refractivity contribution >= 4 is 22.7 Å². The van der Waals surface area contributed by atoms with Gasteiger partial charge in [0.1, 0.15) is 11.3 Å². The van der Waals surface area contributed by atoms with Gasteiger partial charge in [0.05, 0.1) is 0 Å². The van der Waals surface area contributed by atoms with Gasteiger partial charge in [-0.1, -0.05) is 0 Å². The molecule has 1 aliphatic heterocycles. The third kappa shape index (κ3) is 2.20. The predicted octanol–water partition coefficient (Wildman–Crippen LogP) is 1.51. The first kappa shape index (κ1) is 13.5. The second-order valence-corrected chi connectivity index (χ2v) is 6.21. The van der Waals surface area contributed by atoms with Gasteiger partial charge in [0, 0.05) is 36.7 Å². The second-order valence-electron chi connectivity index (χ2n) is 6.21. The van der Waals surface area contributed by atoms with Crippen LogP contribution in [0.4, 0.5) is 0 Å². The molecule has 114 valence electrons. The molecule has 1 saturated heterocycles. The number of piperidine rings is 1. The number of nitrogens with one attached hydrogen (secondary N) is 2. The zero-order chi connectivity index (χ0) is 15.3. The topological polar surface area (TPSA) is 84.2 Å². The Morgan fingerprint density at radius 2 is 2.23 bits per heavy atom. The number of hydrogen-bond donors (Lipinski definition) is 2. The second kappa shape index (κ2) is 4.91. The van der Waals surface area contributed by atoms with Gasteiger partial charge in [0.2, 0.25) is 0 Å². The maximum atomic E-state index is 12.4. The van der Waals surface area contributed by atoms with E-state index in [0.717, 1.165) is 24.8 Å². The van der Waals surface area contributed by atoms with Gasteiger partial charge in [-0.3, -0.25) is 14.6 Å². The number of carbonyl (C=O) groups is 2. The van der Waals surface area contributed by atoms with Crippen molar-refractivity contribution in [3.63, 3.8) is 0 Å². The number of carbonyl (C=O) groups excluding carboxylic acids is 2. The third-order valence-electron chi connectivity index (χ3n) is 4.63. The summed E-state index contributed by atoms with van der Waals surface area (Å²) in [6.45, 7) is 2.50. The number of pyridine rings is 1. The van der Waals surface area contributed by atoms with Gasteiger partial charge >= 0.3 is 0 Å². The molecular formula is C16H17N3O3. The molecule has 1 amide bonds. The molecule has 6 nitrogen and oxygen atoms in total. The lowest BCUT2D eigenvalue weighted by Crippen LogP contribution is -2.48. The monoisotopic (exact) mass is 299 g/mol. The number of fused-ring (bicyclic) bond motifs is 3. The van der Waals surface area contributed by atoms with Crippen molar-refractivity contribution in [1.82, 2.24) is 15.6 Å². The molecule has 0 aromatic carbocycles. The lowest BCUT2D eigenvalue weighted by molar-refractivity contribution is 0.0923. The number of hydrogen-bond acceptors (Lipinski definition) is 5. The van der Waals surface area contributed by atoms with Gasteiger partial charge in [0.25, 0.3) is 5.91 Å². The summed E-state index contributed by atoms with van der Waals surface area (Å²) in [7, 11) is 0. The van der Waals surface area contributed by atoms with E-state index in [1.165, 1.54) is 6.92 Å². The molecule has 4 rings (SSSR count). The average Bonchev–Trinajstić information content (AvgIpc) is 3.20. The minimum absolute atomic E-state index is 0.143. The molecule has 3 unspecified atom stereocenters. The van der Waals surface area contributed by atoms with Crippen molar-refractivity contribution < 1.29 is 14.0 Å². The lowest BCUT2D eigenvalue weighted by atomic mass is 10.1. The van der Waals surface area contributed by atoms with E-state index in [-0.39, 0.29) is 23.5 Å². The quantitative estimate of drug-likeness (QED) is 0.839. The van der Waals surface area contributed by atoms with Crippen molar-refractivity contribution in [2.24, 2.45) is 5.92 Å². The highest BCUT2D eigenvalue weighted by atomic mass is 16.3. The summed E-state index contributed by atoms with van der Waals surface area (Å²) in [5.41, 5.74) is 0.830. The van der Waals surface area contributed by atoms with Crippen LogP contribution in [-0.4, -0.2) is 35.3 Å². The fourth-order valence-corrected chi connectivity index (χ4v) is 3.49. The van der Waals surface area contributed by atoms with E-state index >= 15 is 0 Å². The number of Topliss-reactive ketones (excluding diaryl/α,β-unsaturated/α-hetero) is 1. The molecule has 2 aromatic heterocycles. The predicted molar refractivity (Wildman–Crippen MR) is 79.8 cm³/mol. The van der Waals surface area contributed by atoms with E-state index in [4.69, 9.17) is 4.42 Å². The first-order chi connectivity index (χ1) is 10.6. The average molecular weight is 299 g/mol. The summed E-state index contributed by atoms with van der Waals surface area (Å²) in [6.07, 6.45) is 3.73. The normalized spacial score (nSPS) is 26.5. The summed E-state index contributed by atoms with van der Waals surface area (Å²) in [6, 6.07) is 3.79. The molecule has 2 fully saturated rings. The van der Waals surface area contributed by atoms with Crippen LogP contribution >= 0.6 is 0 Å². The van der Waals surface area contributed by atoms with Gasteiger partial charge < -0.3 is 15.1 Å². The summed E-state index contributed by atoms with van der Waals surface area (Å²) >= 11 is 0. The largest absolute Gasteiger partial charge is 0.453 e. The van der Waals surface area contributed by atoms with Crippen molar-refractivity contribution in [2.45, 2.75) is 31.8 Å². The Morgan fingerprint density at radius 3 is 2.91 bits per heavy atom. The van der Waals surface area contributed by atoms with Crippen LogP contribution in [0.25, 0.3) is 11.0 Å². The Balaban J connectivity index is 1.55. The van der Waals surface area contributed by atoms with E-state index in [0.29, 0.717) is 23.2 Å². The smallest absolute Gasteiger partial charge is 0.270 e. The van der Waals surface area contributed by atoms with Gasteiger partial charge in [-0.15, -0.1) is 0 Å². The molecule has 3 heterocycles. The number of aromatic nitrogens is 1. The summed E-state index contributed by atoms with van der Waals surface area (Å²) in [4.78, 5) is 27.9. The summed E-state index contributed by atoms with van der Waals surface area (Å²) < 4.78 is 5.46. The Bertz CT molecular complexity index is 767. The molecule has 0 radical (unpaired) electrons. The molecule has 1 saturated carbocycles. The van der Waals surface area contributed by atoms with Crippen LogP contribution in [0.5, 0.6) is 0 Å². The summed E-state index contributed by atoms with van der Waals surface area (Å²) in [5.74, 6) is 0.623. The molecular weight excluding hydrogens is 282 g/mol. The van der Waals surface area contributed by atoms with E-state index in [1.54, 1.807) is 18.3 Å². The highest BCUT2D eigenvalue weighted by Crippen LogP contribution is 2.31. The van der Waals surface area contributed by atoms with E-state index in [1.807, 2.05) is 0 Å². The molecule has 22 heavy (non-hydrogen) atoms. The Kier molecular flexibility index (Phi) is 3.00. The van der Waals surface area contributed by atoms with Crippen LogP contribution in [-0.2, 0) is 0 Å². The molecule has 2 aliphatic rings. The SMILES string of the molecule is CC(=O)c1cc2cnc(C(=O)NC3CC4CNC3C4)cc2o1. The molecule has 3 atom stereocenters. The van der Waals surface area contributed by atoms with Crippen LogP contribution in [0.2, 0.25) is 0 Å². The van der Waals surface area contributed by atoms with Crippen molar-refractivity contribution in [3.05, 3.63) is 29.8 Å². The maximum absolute atomic E-state index is 12.4. The van der Waals surface area contributed by atoms with Crippen LogP contribution in [0.3, 0.4) is 0 Å². The molecule has 2 aromatic rings. The fraction of sp³-hybridized carbons (Fsp3) is 0.438. The van der Waals surface area contributed by atoms with Gasteiger partial charge in [0.15, 0.2) is 11.5 Å². The fourth-order valence-electron chi connectivity index (χ4n) is 3.49. The highest BCUT2D eigenvalue weighted by Gasteiger charge is 2.40. The Hall–Kier alpha value is -2.21. The van der Waals surface area contributed by atoms with Gasteiger partial charge in [-0.2, -0.15) is 0 Å². The van der Waals surface area contributed by atoms with E-state index in [2.05, 4.69) is 15.6 Å². The van der Waals surface area contributed by atoms with Crippen molar-refractivity contribution in [1.29, 1.82) is 0 Å². The zero-order valence-electron chi connectivity index (χ0n) is 12.3. The number of ketones is 1. The van der Waals surface area contributed by atoms with Gasteiger partial charge in [-0.25, -0.2) is 0 Å². The zero-order valence-corrected chi connectivity index (χ0v) is 12.3. The van der Waals surface area contributed by atoms with E-state index in [9.17, 15) is 9.59 Å². The molecule has 6 heteroatoms. The number of nitrogens with zero attached hydrogens (tertiary/aromatic N) is 1. The standard InChI is InChI=1S/C16H17N3O3/c1-8(20)14-4-10-7-18-13(5-15(10)22-14)16(21)19-12-3-9-2-11(12)17-6-9/h4-5,7,9,11-12,17H,2-3,6H2,1H3,(H,19,21). The minimum Gasteiger partial charge on any atom is -0.453 e. The molecule has 2 N–H and O–H groups in total. The first-order valence-electron chi connectivity index (χ1n) is 7.55. The first-order valence-corrected chi connectivity index (χ1v) is 7.55. The van der Waals surface area contributed by atoms with Crippen molar-refractivity contribution in [3.8, 4) is 0 Å². The van der Waals surface area contributed by atoms with Crippen LogP contribution < -0.4 is 10.6 Å². The lowest BCUT2D eigenvalue weighted by Gasteiger charge is -2.23. The minimum atomic E-state index is -0.193. The Morgan fingerprint density at radius 1 is 1.36 bits per heavy atom. The maximum Gasteiger partial charge on any atom is 0.270 e. The Labute approximate surface area is 127 Å². The molecule has 0 spiro atoms. The number of amides is 1. The van der Waals surface area contributed by atoms with Gasteiger partial charge in [-0.05, 0) is 31.4 Å².